The van der Waals surface area contributed by atoms with Crippen molar-refractivity contribution in [3.63, 3.8) is 0 Å². The Kier molecular flexibility index (Phi) is 8.11. The topological polar surface area (TPSA) is 60.0 Å². The lowest BCUT2D eigenvalue weighted by atomic mass is 10.0. The van der Waals surface area contributed by atoms with Crippen LogP contribution in [0.2, 0.25) is 0 Å². The second-order valence-electron chi connectivity index (χ2n) is 10.2. The van der Waals surface area contributed by atoms with Crippen LogP contribution in [0.1, 0.15) is 62.4 Å². The number of anilines is 2. The fourth-order valence-corrected chi connectivity index (χ4v) is 4.49. The highest BCUT2D eigenvalue weighted by Crippen LogP contribution is 2.30. The van der Waals surface area contributed by atoms with E-state index in [-0.39, 0.29) is 12.1 Å². The van der Waals surface area contributed by atoms with Gasteiger partial charge >= 0.3 is 5.97 Å². The Hall–Kier alpha value is -2.57. The molecule has 34 heavy (non-hydrogen) atoms. The zero-order valence-electron chi connectivity index (χ0n) is 20.7. The van der Waals surface area contributed by atoms with E-state index in [0.717, 1.165) is 63.4 Å². The van der Waals surface area contributed by atoms with E-state index in [1.54, 1.807) is 0 Å². The Morgan fingerprint density at radius 1 is 1.03 bits per heavy atom. The van der Waals surface area contributed by atoms with Crippen LogP contribution in [-0.2, 0) is 20.8 Å². The van der Waals surface area contributed by atoms with Crippen molar-refractivity contribution in [1.29, 1.82) is 0 Å². The summed E-state index contributed by atoms with van der Waals surface area (Å²) in [6.07, 6.45) is 4.12. The second kappa shape index (κ2) is 11.2. The molecular weight excluding hydrogens is 428 g/mol. The Balaban J connectivity index is 1.42. The van der Waals surface area contributed by atoms with Crippen molar-refractivity contribution in [1.82, 2.24) is 0 Å². The molecule has 2 aliphatic rings. The number of benzene rings is 2. The summed E-state index contributed by atoms with van der Waals surface area (Å²) in [5, 5.41) is 3.61. The molecule has 2 fully saturated rings. The Labute approximate surface area is 203 Å². The van der Waals surface area contributed by atoms with E-state index in [1.165, 1.54) is 5.56 Å². The predicted octanol–water partition coefficient (Wildman–Crippen LogP) is 5.42. The molecule has 2 aromatic carbocycles. The van der Waals surface area contributed by atoms with Crippen LogP contribution in [0.4, 0.5) is 11.4 Å². The average molecular weight is 467 g/mol. The molecular formula is C28H38N2O4. The van der Waals surface area contributed by atoms with Crippen molar-refractivity contribution in [3.8, 4) is 0 Å². The third kappa shape index (κ3) is 6.97. The van der Waals surface area contributed by atoms with Gasteiger partial charge in [-0.05, 0) is 70.2 Å². The van der Waals surface area contributed by atoms with Gasteiger partial charge in [0.2, 0.25) is 0 Å². The van der Waals surface area contributed by atoms with Crippen molar-refractivity contribution >= 4 is 17.3 Å². The number of hydrogen-bond acceptors (Lipinski definition) is 6. The van der Waals surface area contributed by atoms with E-state index in [0.29, 0.717) is 18.2 Å². The fraction of sp³-hybridized carbons (Fsp3) is 0.536. The molecule has 2 aromatic rings. The second-order valence-corrected chi connectivity index (χ2v) is 10.2. The van der Waals surface area contributed by atoms with Gasteiger partial charge in [0.25, 0.3) is 0 Å². The highest BCUT2D eigenvalue weighted by Gasteiger charge is 2.25. The molecule has 2 saturated heterocycles. The van der Waals surface area contributed by atoms with Crippen LogP contribution in [0.25, 0.3) is 0 Å². The monoisotopic (exact) mass is 466 g/mol. The lowest BCUT2D eigenvalue weighted by molar-refractivity contribution is 0.00706. The summed E-state index contributed by atoms with van der Waals surface area (Å²) in [5.41, 5.74) is 3.25. The normalized spacial score (nSPS) is 18.0. The number of piperidine rings is 1. The van der Waals surface area contributed by atoms with Gasteiger partial charge in [0.15, 0.2) is 0 Å². The molecule has 0 unspecified atom stereocenters. The van der Waals surface area contributed by atoms with E-state index in [1.807, 2.05) is 51.1 Å². The Bertz CT molecular complexity index is 927. The SMILES string of the molecule is CC(C)(C)OC(=O)c1ccc(N2CCC(OCc3ccccc3)CC2)cc1NC1CCOCC1. The summed E-state index contributed by atoms with van der Waals surface area (Å²) < 4.78 is 17.4. The largest absolute Gasteiger partial charge is 0.456 e. The fourth-order valence-electron chi connectivity index (χ4n) is 4.49. The van der Waals surface area contributed by atoms with E-state index in [4.69, 9.17) is 14.2 Å². The minimum absolute atomic E-state index is 0.275. The first-order chi connectivity index (χ1) is 16.4. The highest BCUT2D eigenvalue weighted by molar-refractivity contribution is 5.96. The average Bonchev–Trinajstić information content (AvgIpc) is 2.83. The number of carbonyl (C=O) groups excluding carboxylic acids is 1. The maximum absolute atomic E-state index is 12.9. The third-order valence-electron chi connectivity index (χ3n) is 6.34. The molecule has 0 radical (unpaired) electrons. The van der Waals surface area contributed by atoms with Crippen LogP contribution in [0.5, 0.6) is 0 Å². The van der Waals surface area contributed by atoms with Crippen molar-refractivity contribution in [2.24, 2.45) is 0 Å². The molecule has 0 bridgehead atoms. The molecule has 0 aromatic heterocycles. The summed E-state index contributed by atoms with van der Waals surface area (Å²) >= 11 is 0. The molecule has 4 rings (SSSR count). The quantitative estimate of drug-likeness (QED) is 0.550. The van der Waals surface area contributed by atoms with Gasteiger partial charge < -0.3 is 24.4 Å². The number of rotatable bonds is 7. The molecule has 6 nitrogen and oxygen atoms in total. The summed E-state index contributed by atoms with van der Waals surface area (Å²) in [4.78, 5) is 15.3. The summed E-state index contributed by atoms with van der Waals surface area (Å²) in [6, 6.07) is 16.7. The van der Waals surface area contributed by atoms with E-state index >= 15 is 0 Å². The van der Waals surface area contributed by atoms with Gasteiger partial charge in [-0.1, -0.05) is 30.3 Å². The van der Waals surface area contributed by atoms with Gasteiger partial charge in [0.05, 0.1) is 24.0 Å². The predicted molar refractivity (Wildman–Crippen MR) is 136 cm³/mol. The summed E-state index contributed by atoms with van der Waals surface area (Å²) in [5.74, 6) is -0.290. The maximum atomic E-state index is 12.9. The first kappa shape index (κ1) is 24.6. The molecule has 0 spiro atoms. The molecule has 6 heteroatoms. The zero-order chi connectivity index (χ0) is 24.0. The van der Waals surface area contributed by atoms with Gasteiger partial charge in [-0.3, -0.25) is 0 Å². The minimum atomic E-state index is -0.534. The number of nitrogens with one attached hydrogen (secondary N) is 1. The number of nitrogens with zero attached hydrogens (tertiary/aromatic N) is 1. The Morgan fingerprint density at radius 3 is 2.41 bits per heavy atom. The molecule has 2 heterocycles. The smallest absolute Gasteiger partial charge is 0.340 e. The lowest BCUT2D eigenvalue weighted by Gasteiger charge is -2.34. The molecule has 184 valence electrons. The van der Waals surface area contributed by atoms with Crippen LogP contribution < -0.4 is 10.2 Å². The summed E-state index contributed by atoms with van der Waals surface area (Å²) in [6.45, 7) is 9.71. The zero-order valence-corrected chi connectivity index (χ0v) is 20.7. The molecule has 0 saturated carbocycles. The van der Waals surface area contributed by atoms with Crippen LogP contribution in [-0.4, -0.2) is 50.0 Å². The molecule has 1 N–H and O–H groups in total. The molecule has 2 aliphatic heterocycles. The molecule has 0 amide bonds. The van der Waals surface area contributed by atoms with Gasteiger partial charge in [0, 0.05) is 38.0 Å². The maximum Gasteiger partial charge on any atom is 0.340 e. The van der Waals surface area contributed by atoms with Gasteiger partial charge in [-0.25, -0.2) is 4.79 Å². The first-order valence-corrected chi connectivity index (χ1v) is 12.5. The van der Waals surface area contributed by atoms with Crippen LogP contribution in [0, 0.1) is 0 Å². The standard InChI is InChI=1S/C28H38N2O4/c1-28(2,3)34-27(31)25-10-9-23(19-26(25)29-22-13-17-32-18-14-22)30-15-11-24(12-16-30)33-20-21-7-5-4-6-8-21/h4-10,19,22,24,29H,11-18,20H2,1-3H3. The van der Waals surface area contributed by atoms with E-state index in [2.05, 4.69) is 28.4 Å². The number of carbonyl (C=O) groups is 1. The number of esters is 1. The van der Waals surface area contributed by atoms with E-state index < -0.39 is 5.60 Å². The van der Waals surface area contributed by atoms with Gasteiger partial charge in [0.1, 0.15) is 5.60 Å². The van der Waals surface area contributed by atoms with Gasteiger partial charge in [-0.15, -0.1) is 0 Å². The number of hydrogen-bond donors (Lipinski definition) is 1. The number of ether oxygens (including phenoxy) is 3. The van der Waals surface area contributed by atoms with Crippen molar-refractivity contribution < 1.29 is 19.0 Å². The molecule has 0 aliphatic carbocycles. The van der Waals surface area contributed by atoms with E-state index in [9.17, 15) is 4.79 Å². The van der Waals surface area contributed by atoms with Crippen LogP contribution >= 0.6 is 0 Å². The van der Waals surface area contributed by atoms with Crippen LogP contribution in [0.3, 0.4) is 0 Å². The first-order valence-electron chi connectivity index (χ1n) is 12.5. The highest BCUT2D eigenvalue weighted by atomic mass is 16.6. The van der Waals surface area contributed by atoms with Gasteiger partial charge in [-0.2, -0.15) is 0 Å². The minimum Gasteiger partial charge on any atom is -0.456 e. The van der Waals surface area contributed by atoms with Crippen LogP contribution in [0.15, 0.2) is 48.5 Å². The Morgan fingerprint density at radius 2 is 1.74 bits per heavy atom. The van der Waals surface area contributed by atoms with Crippen molar-refractivity contribution in [3.05, 3.63) is 59.7 Å². The lowest BCUT2D eigenvalue weighted by Crippen LogP contribution is -2.37. The van der Waals surface area contributed by atoms with Crippen molar-refractivity contribution in [2.45, 2.75) is 70.8 Å². The third-order valence-corrected chi connectivity index (χ3v) is 6.34. The molecule has 0 atom stereocenters. The van der Waals surface area contributed by atoms with Crippen molar-refractivity contribution in [2.75, 3.05) is 36.5 Å². The summed E-state index contributed by atoms with van der Waals surface area (Å²) in [7, 11) is 0.